The van der Waals surface area contributed by atoms with Gasteiger partial charge in [0.1, 0.15) is 13.2 Å². The zero-order chi connectivity index (χ0) is 55.0. The van der Waals surface area contributed by atoms with Crippen molar-refractivity contribution in [1.29, 1.82) is 0 Å². The number of allylic oxidation sites excluding steroid dienone is 14. The van der Waals surface area contributed by atoms with Gasteiger partial charge in [0.2, 0.25) is 0 Å². The number of ether oxygens (including phenoxy) is 3. The molecule has 0 aliphatic rings. The van der Waals surface area contributed by atoms with Gasteiger partial charge < -0.3 is 14.2 Å². The van der Waals surface area contributed by atoms with Gasteiger partial charge in [-0.2, -0.15) is 0 Å². The van der Waals surface area contributed by atoms with Crippen LogP contribution in [0.3, 0.4) is 0 Å². The summed E-state index contributed by atoms with van der Waals surface area (Å²) in [5, 5.41) is 0. The van der Waals surface area contributed by atoms with Crippen molar-refractivity contribution in [2.24, 2.45) is 0 Å². The molecule has 6 nitrogen and oxygen atoms in total. The summed E-state index contributed by atoms with van der Waals surface area (Å²) in [6, 6.07) is 0. The van der Waals surface area contributed by atoms with E-state index >= 15 is 0 Å². The molecule has 0 aromatic carbocycles. The van der Waals surface area contributed by atoms with E-state index in [0.717, 1.165) is 109 Å². The molecule has 0 aromatic heterocycles. The van der Waals surface area contributed by atoms with Crippen LogP contribution in [0, 0.1) is 0 Å². The van der Waals surface area contributed by atoms with Gasteiger partial charge in [-0.3, -0.25) is 14.4 Å². The number of carbonyl (C=O) groups is 3. The molecule has 438 valence electrons. The lowest BCUT2D eigenvalue weighted by atomic mass is 10.0. The molecular formula is C70H122O6. The van der Waals surface area contributed by atoms with Gasteiger partial charge in [0.05, 0.1) is 0 Å². The Balaban J connectivity index is 4.33. The molecule has 0 aromatic rings. The summed E-state index contributed by atoms with van der Waals surface area (Å²) in [5.74, 6) is -0.903. The van der Waals surface area contributed by atoms with E-state index in [1.807, 2.05) is 0 Å². The molecule has 0 fully saturated rings. The van der Waals surface area contributed by atoms with Crippen molar-refractivity contribution in [3.05, 3.63) is 85.1 Å². The molecule has 0 saturated heterocycles. The third-order valence-corrected chi connectivity index (χ3v) is 14.2. The molecule has 76 heavy (non-hydrogen) atoms. The summed E-state index contributed by atoms with van der Waals surface area (Å²) in [6.45, 7) is 6.53. The highest BCUT2D eigenvalue weighted by molar-refractivity contribution is 5.71. The number of hydrogen-bond donors (Lipinski definition) is 0. The Bertz CT molecular complexity index is 1450. The van der Waals surface area contributed by atoms with E-state index < -0.39 is 6.10 Å². The highest BCUT2D eigenvalue weighted by atomic mass is 16.6. The van der Waals surface area contributed by atoms with Crippen molar-refractivity contribution in [3.8, 4) is 0 Å². The largest absolute Gasteiger partial charge is 0.462 e. The Morgan fingerprint density at radius 1 is 0.276 bits per heavy atom. The Morgan fingerprint density at radius 3 is 0.803 bits per heavy atom. The van der Waals surface area contributed by atoms with Crippen molar-refractivity contribution in [2.75, 3.05) is 13.2 Å². The second-order valence-corrected chi connectivity index (χ2v) is 21.7. The van der Waals surface area contributed by atoms with Crippen LogP contribution in [0.1, 0.15) is 323 Å². The van der Waals surface area contributed by atoms with E-state index in [4.69, 9.17) is 14.2 Å². The van der Waals surface area contributed by atoms with Gasteiger partial charge in [0.15, 0.2) is 6.10 Å². The third kappa shape index (κ3) is 61.4. The van der Waals surface area contributed by atoms with Crippen LogP contribution >= 0.6 is 0 Å². The summed E-state index contributed by atoms with van der Waals surface area (Å²) >= 11 is 0. The fraction of sp³-hybridized carbons (Fsp3) is 0.757. The van der Waals surface area contributed by atoms with Gasteiger partial charge in [-0.25, -0.2) is 0 Å². The van der Waals surface area contributed by atoms with Crippen molar-refractivity contribution in [2.45, 2.75) is 329 Å². The van der Waals surface area contributed by atoms with Crippen LogP contribution in [-0.2, 0) is 28.6 Å². The van der Waals surface area contributed by atoms with E-state index in [1.54, 1.807) is 0 Å². The van der Waals surface area contributed by atoms with E-state index in [9.17, 15) is 14.4 Å². The summed E-state index contributed by atoms with van der Waals surface area (Å²) < 4.78 is 16.9. The lowest BCUT2D eigenvalue weighted by molar-refractivity contribution is -0.167. The summed E-state index contributed by atoms with van der Waals surface area (Å²) in [7, 11) is 0. The first-order valence-corrected chi connectivity index (χ1v) is 32.6. The van der Waals surface area contributed by atoms with Gasteiger partial charge in [-0.15, -0.1) is 0 Å². The standard InChI is InChI=1S/C70H122O6/c1-4-7-10-13-16-19-22-24-26-28-30-32-34-35-36-38-39-41-43-45-48-51-54-57-60-63-69(72)75-66-67(65-74-68(71)62-59-56-53-50-47-21-18-15-12-9-6-3)76-70(73)64-61-58-55-52-49-46-44-42-40-37-33-31-29-27-25-23-20-17-14-11-8-5-2/h7,10,16,19,24,26,30,32,35-36,39,41,45,48,67H,4-6,8-9,11-15,17-18,20-23,25,27-29,31,33-34,37-38,40,42-44,46-47,49-66H2,1-3H3/b10-7-,19-16-,26-24-,32-30-,36-35-,41-39-,48-45-. The average molecular weight is 1060 g/mol. The van der Waals surface area contributed by atoms with Gasteiger partial charge in [-0.1, -0.05) is 311 Å². The second-order valence-electron chi connectivity index (χ2n) is 21.7. The van der Waals surface area contributed by atoms with Crippen molar-refractivity contribution < 1.29 is 28.6 Å². The lowest BCUT2D eigenvalue weighted by Crippen LogP contribution is -2.30. The van der Waals surface area contributed by atoms with E-state index in [0.29, 0.717) is 19.3 Å². The predicted molar refractivity (Wildman–Crippen MR) is 330 cm³/mol. The van der Waals surface area contributed by atoms with Crippen LogP contribution in [0.15, 0.2) is 85.1 Å². The zero-order valence-corrected chi connectivity index (χ0v) is 50.3. The number of hydrogen-bond acceptors (Lipinski definition) is 6. The van der Waals surface area contributed by atoms with Gasteiger partial charge in [-0.05, 0) is 77.0 Å². The minimum Gasteiger partial charge on any atom is -0.462 e. The first kappa shape index (κ1) is 72.6. The molecule has 0 radical (unpaired) electrons. The molecule has 0 saturated carbocycles. The van der Waals surface area contributed by atoms with Crippen LogP contribution in [0.2, 0.25) is 0 Å². The fourth-order valence-electron chi connectivity index (χ4n) is 9.31. The van der Waals surface area contributed by atoms with E-state index in [1.165, 1.54) is 173 Å². The molecule has 0 spiro atoms. The van der Waals surface area contributed by atoms with Crippen LogP contribution in [0.4, 0.5) is 0 Å². The molecule has 0 aliphatic heterocycles. The Kier molecular flexibility index (Phi) is 61.2. The molecule has 0 amide bonds. The normalized spacial score (nSPS) is 12.6. The van der Waals surface area contributed by atoms with Crippen molar-refractivity contribution >= 4 is 17.9 Å². The van der Waals surface area contributed by atoms with Crippen molar-refractivity contribution in [1.82, 2.24) is 0 Å². The number of rotatable bonds is 59. The molecule has 0 N–H and O–H groups in total. The maximum atomic E-state index is 12.9. The Hall–Kier alpha value is -3.41. The Morgan fingerprint density at radius 2 is 0.513 bits per heavy atom. The smallest absolute Gasteiger partial charge is 0.306 e. The second kappa shape index (κ2) is 64.1. The molecular weight excluding hydrogens is 937 g/mol. The quantitative estimate of drug-likeness (QED) is 0.0261. The number of carbonyl (C=O) groups excluding carboxylic acids is 3. The SMILES string of the molecule is CC/C=C\C/C=C\C/C=C\C/C=C\C/C=C\C/C=C\C/C=C\CCCCCC(=O)OCC(COC(=O)CCCCCCCCCCCCC)OC(=O)CCCCCCCCCCCCCCCCCCCCCCCC. The van der Waals surface area contributed by atoms with Gasteiger partial charge >= 0.3 is 17.9 Å². The van der Waals surface area contributed by atoms with E-state index in [-0.39, 0.29) is 31.1 Å². The fourth-order valence-corrected chi connectivity index (χ4v) is 9.31. The summed E-state index contributed by atoms with van der Waals surface area (Å²) in [6.07, 6.45) is 84.5. The maximum absolute atomic E-state index is 12.9. The highest BCUT2D eigenvalue weighted by Gasteiger charge is 2.19. The maximum Gasteiger partial charge on any atom is 0.306 e. The van der Waals surface area contributed by atoms with E-state index in [2.05, 4.69) is 106 Å². The lowest BCUT2D eigenvalue weighted by Gasteiger charge is -2.18. The number of esters is 3. The monoisotopic (exact) mass is 1060 g/mol. The van der Waals surface area contributed by atoms with Crippen LogP contribution < -0.4 is 0 Å². The van der Waals surface area contributed by atoms with Crippen molar-refractivity contribution in [3.63, 3.8) is 0 Å². The van der Waals surface area contributed by atoms with Crippen LogP contribution in [-0.4, -0.2) is 37.2 Å². The molecule has 0 bridgehead atoms. The average Bonchev–Trinajstić information content (AvgIpc) is 3.42. The topological polar surface area (TPSA) is 78.9 Å². The minimum atomic E-state index is -0.788. The molecule has 0 rings (SSSR count). The number of unbranched alkanes of at least 4 members (excludes halogenated alkanes) is 34. The summed E-state index contributed by atoms with van der Waals surface area (Å²) in [4.78, 5) is 38.3. The highest BCUT2D eigenvalue weighted by Crippen LogP contribution is 2.17. The van der Waals surface area contributed by atoms with Gasteiger partial charge in [0, 0.05) is 19.3 Å². The molecule has 1 unspecified atom stereocenters. The Labute approximate surface area is 471 Å². The summed E-state index contributed by atoms with van der Waals surface area (Å²) in [5.41, 5.74) is 0. The molecule has 0 heterocycles. The first-order chi connectivity index (χ1) is 37.5. The molecule has 0 aliphatic carbocycles. The van der Waals surface area contributed by atoms with Crippen LogP contribution in [0.5, 0.6) is 0 Å². The van der Waals surface area contributed by atoms with Crippen LogP contribution in [0.25, 0.3) is 0 Å². The minimum absolute atomic E-state index is 0.0832. The molecule has 6 heteroatoms. The third-order valence-electron chi connectivity index (χ3n) is 14.2. The zero-order valence-electron chi connectivity index (χ0n) is 50.3. The molecule has 1 atom stereocenters. The first-order valence-electron chi connectivity index (χ1n) is 32.6. The predicted octanol–water partition coefficient (Wildman–Crippen LogP) is 22.3. The van der Waals surface area contributed by atoms with Gasteiger partial charge in [0.25, 0.3) is 0 Å².